The second-order valence-corrected chi connectivity index (χ2v) is 4.74. The largest absolute Gasteiger partial charge is 0.389 e. The first kappa shape index (κ1) is 14.4. The fraction of sp³-hybridized carbons (Fsp3) is 0.455. The molecule has 2 heterocycles. The minimum Gasteiger partial charge on any atom is -0.339 e. The van der Waals surface area contributed by atoms with Gasteiger partial charge in [0.15, 0.2) is 5.65 Å². The van der Waals surface area contributed by atoms with Crippen molar-refractivity contribution in [3.8, 4) is 0 Å². The summed E-state index contributed by atoms with van der Waals surface area (Å²) in [5.74, 6) is 0.694. The molecule has 104 valence electrons. The van der Waals surface area contributed by atoms with E-state index in [2.05, 4.69) is 15.0 Å². The van der Waals surface area contributed by atoms with Gasteiger partial charge in [0.05, 0.1) is 11.4 Å². The molecule has 0 spiro atoms. The minimum absolute atomic E-state index is 0.00578. The molecule has 0 radical (unpaired) electrons. The van der Waals surface area contributed by atoms with Crippen molar-refractivity contribution in [2.75, 3.05) is 0 Å². The topological polar surface area (TPSA) is 41.6 Å². The summed E-state index contributed by atoms with van der Waals surface area (Å²) in [5, 5.41) is 0.210. The van der Waals surface area contributed by atoms with Crippen molar-refractivity contribution in [1.82, 2.24) is 15.0 Å². The lowest BCUT2D eigenvalue weighted by Gasteiger charge is -2.06. The molecular formula is C11H10Cl2F3N3. The van der Waals surface area contributed by atoms with Gasteiger partial charge in [-0.1, -0.05) is 11.6 Å². The Kier molecular flexibility index (Phi) is 4.20. The maximum atomic E-state index is 12.1. The summed E-state index contributed by atoms with van der Waals surface area (Å²) in [6.45, 7) is 0. The zero-order valence-corrected chi connectivity index (χ0v) is 11.2. The van der Waals surface area contributed by atoms with Crippen LogP contribution in [0.15, 0.2) is 6.07 Å². The van der Waals surface area contributed by atoms with Gasteiger partial charge in [-0.25, -0.2) is 9.97 Å². The fourth-order valence-electron chi connectivity index (χ4n) is 1.81. The number of aromatic nitrogens is 3. The molecule has 0 unspecified atom stereocenters. The first-order chi connectivity index (χ1) is 8.89. The highest BCUT2D eigenvalue weighted by atomic mass is 35.5. The number of aryl methyl sites for hydroxylation is 1. The fourth-order valence-corrected chi connectivity index (χ4v) is 2.14. The molecule has 2 rings (SSSR count). The molecule has 0 bridgehead atoms. The van der Waals surface area contributed by atoms with Crippen molar-refractivity contribution in [2.24, 2.45) is 0 Å². The van der Waals surface area contributed by atoms with Crippen molar-refractivity contribution in [3.63, 3.8) is 0 Å². The van der Waals surface area contributed by atoms with Crippen molar-refractivity contribution < 1.29 is 13.2 Å². The molecule has 0 aromatic carbocycles. The Labute approximate surface area is 117 Å². The third-order valence-corrected chi connectivity index (χ3v) is 3.04. The second-order valence-electron chi connectivity index (χ2n) is 4.09. The number of pyridine rings is 1. The molecule has 1 N–H and O–H groups in total. The molecule has 19 heavy (non-hydrogen) atoms. The van der Waals surface area contributed by atoms with Crippen LogP contribution in [0.1, 0.15) is 24.2 Å². The number of rotatable bonds is 4. The highest BCUT2D eigenvalue weighted by Gasteiger charge is 2.26. The summed E-state index contributed by atoms with van der Waals surface area (Å²) in [6, 6.07) is 1.55. The number of halogens is 5. The maximum Gasteiger partial charge on any atom is 0.389 e. The van der Waals surface area contributed by atoms with Crippen LogP contribution in [0.25, 0.3) is 11.2 Å². The van der Waals surface area contributed by atoms with Crippen LogP contribution >= 0.6 is 23.2 Å². The summed E-state index contributed by atoms with van der Waals surface area (Å²) < 4.78 is 36.4. The molecule has 3 nitrogen and oxygen atoms in total. The standard InChI is InChI=1S/C11H10Cl2F3N3/c12-5-8-18-9-6(2-1-3-11(14,15)16)4-7(13)17-10(9)19-8/h4H,1-3,5H2,(H,17,18,19). The van der Waals surface area contributed by atoms with Crippen LogP contribution in [0.2, 0.25) is 5.15 Å². The van der Waals surface area contributed by atoms with Gasteiger partial charge < -0.3 is 4.98 Å². The van der Waals surface area contributed by atoms with E-state index < -0.39 is 12.6 Å². The van der Waals surface area contributed by atoms with Gasteiger partial charge in [0.2, 0.25) is 0 Å². The van der Waals surface area contributed by atoms with E-state index in [0.717, 1.165) is 0 Å². The van der Waals surface area contributed by atoms with Crippen LogP contribution in [-0.4, -0.2) is 21.1 Å². The molecule has 0 fully saturated rings. The van der Waals surface area contributed by atoms with Gasteiger partial charge in [0.25, 0.3) is 0 Å². The van der Waals surface area contributed by atoms with Gasteiger partial charge >= 0.3 is 6.18 Å². The van der Waals surface area contributed by atoms with E-state index in [9.17, 15) is 13.2 Å². The predicted molar refractivity (Wildman–Crippen MR) is 67.4 cm³/mol. The maximum absolute atomic E-state index is 12.1. The molecule has 0 saturated heterocycles. The molecule has 0 saturated carbocycles. The smallest absolute Gasteiger partial charge is 0.339 e. The van der Waals surface area contributed by atoms with Gasteiger partial charge in [0.1, 0.15) is 11.0 Å². The number of fused-ring (bicyclic) bond motifs is 1. The molecule has 0 atom stereocenters. The van der Waals surface area contributed by atoms with E-state index in [1.807, 2.05) is 0 Å². The van der Waals surface area contributed by atoms with Crippen LogP contribution in [-0.2, 0) is 12.3 Å². The molecule has 0 aliphatic carbocycles. The van der Waals surface area contributed by atoms with E-state index in [1.165, 1.54) is 0 Å². The summed E-state index contributed by atoms with van der Waals surface area (Å²) in [7, 11) is 0. The van der Waals surface area contributed by atoms with Crippen LogP contribution in [0.5, 0.6) is 0 Å². The third kappa shape index (κ3) is 3.73. The first-order valence-corrected chi connectivity index (χ1v) is 6.47. The third-order valence-electron chi connectivity index (χ3n) is 2.59. The van der Waals surface area contributed by atoms with E-state index in [0.29, 0.717) is 22.6 Å². The molecule has 2 aromatic heterocycles. The summed E-state index contributed by atoms with van der Waals surface area (Å²) in [6.07, 6.45) is -4.73. The molecule has 0 amide bonds. The van der Waals surface area contributed by atoms with E-state index >= 15 is 0 Å². The monoisotopic (exact) mass is 311 g/mol. The molecule has 0 aliphatic rings. The molecular weight excluding hydrogens is 302 g/mol. The zero-order chi connectivity index (χ0) is 14.0. The minimum atomic E-state index is -4.15. The van der Waals surface area contributed by atoms with Gasteiger partial charge in [0, 0.05) is 6.42 Å². The van der Waals surface area contributed by atoms with E-state index in [1.54, 1.807) is 6.07 Å². The van der Waals surface area contributed by atoms with Crippen LogP contribution in [0, 0.1) is 0 Å². The lowest BCUT2D eigenvalue weighted by Crippen LogP contribution is -2.07. The zero-order valence-electron chi connectivity index (χ0n) is 9.69. The van der Waals surface area contributed by atoms with E-state index in [4.69, 9.17) is 23.2 Å². The van der Waals surface area contributed by atoms with Crippen molar-refractivity contribution in [1.29, 1.82) is 0 Å². The van der Waals surface area contributed by atoms with E-state index in [-0.39, 0.29) is 23.9 Å². The SMILES string of the molecule is FC(F)(F)CCCc1cc(Cl)nc2nc(CCl)[nH]c12. The number of hydrogen-bond acceptors (Lipinski definition) is 2. The number of aromatic amines is 1. The Morgan fingerprint density at radius 3 is 2.63 bits per heavy atom. The number of nitrogens with one attached hydrogen (secondary N) is 1. The summed E-state index contributed by atoms with van der Waals surface area (Å²) in [5.41, 5.74) is 1.65. The quantitative estimate of drug-likeness (QED) is 0.678. The van der Waals surface area contributed by atoms with Crippen molar-refractivity contribution in [3.05, 3.63) is 22.6 Å². The van der Waals surface area contributed by atoms with Crippen molar-refractivity contribution >= 4 is 34.4 Å². The van der Waals surface area contributed by atoms with Crippen LogP contribution < -0.4 is 0 Å². The molecule has 2 aromatic rings. The van der Waals surface area contributed by atoms with Gasteiger partial charge in [-0.3, -0.25) is 0 Å². The Morgan fingerprint density at radius 1 is 1.26 bits per heavy atom. The Hall–Kier alpha value is -1.01. The van der Waals surface area contributed by atoms with Crippen molar-refractivity contribution in [2.45, 2.75) is 31.3 Å². The van der Waals surface area contributed by atoms with Crippen LogP contribution in [0.4, 0.5) is 13.2 Å². The number of hydrogen-bond donors (Lipinski definition) is 1. The van der Waals surface area contributed by atoms with Gasteiger partial charge in [-0.05, 0) is 24.5 Å². The Balaban J connectivity index is 2.23. The van der Waals surface area contributed by atoms with Crippen LogP contribution in [0.3, 0.4) is 0 Å². The lowest BCUT2D eigenvalue weighted by atomic mass is 10.1. The number of nitrogens with zero attached hydrogens (tertiary/aromatic N) is 2. The Bertz CT molecular complexity index is 580. The molecule has 0 aliphatic heterocycles. The summed E-state index contributed by atoms with van der Waals surface area (Å²) >= 11 is 11.5. The summed E-state index contributed by atoms with van der Waals surface area (Å²) in [4.78, 5) is 11.1. The normalized spacial score (nSPS) is 12.3. The second kappa shape index (κ2) is 5.54. The number of alkyl halides is 4. The Morgan fingerprint density at radius 2 is 2.00 bits per heavy atom. The average molecular weight is 312 g/mol. The first-order valence-electron chi connectivity index (χ1n) is 5.56. The number of H-pyrrole nitrogens is 1. The molecule has 8 heteroatoms. The average Bonchev–Trinajstić information content (AvgIpc) is 2.70. The highest BCUT2D eigenvalue weighted by molar-refractivity contribution is 6.29. The number of imidazole rings is 1. The van der Waals surface area contributed by atoms with Gasteiger partial charge in [-0.15, -0.1) is 11.6 Å². The predicted octanol–water partition coefficient (Wildman–Crippen LogP) is 4.24. The lowest BCUT2D eigenvalue weighted by molar-refractivity contribution is -0.135. The van der Waals surface area contributed by atoms with Gasteiger partial charge in [-0.2, -0.15) is 13.2 Å². The highest BCUT2D eigenvalue weighted by Crippen LogP contribution is 2.25.